The summed E-state index contributed by atoms with van der Waals surface area (Å²) in [4.78, 5) is 9.87. The predicted molar refractivity (Wildman–Crippen MR) is 210 cm³/mol. The number of fused-ring (bicyclic) bond motifs is 10. The van der Waals surface area contributed by atoms with Gasteiger partial charge in [-0.25, -0.2) is 0 Å². The van der Waals surface area contributed by atoms with Crippen molar-refractivity contribution in [2.75, 3.05) is 0 Å². The first-order chi connectivity index (χ1) is 23.0. The second kappa shape index (κ2) is 4.75. The van der Waals surface area contributed by atoms with E-state index >= 15 is 0 Å². The van der Waals surface area contributed by atoms with Crippen LogP contribution >= 0.6 is 15.8 Å². The molecular weight excluding hydrogens is 670 g/mol. The zero-order valence-corrected chi connectivity index (χ0v) is 34.4. The second-order valence-corrected chi connectivity index (χ2v) is 49.6. The molecule has 0 nitrogen and oxygen atoms in total. The van der Waals surface area contributed by atoms with Gasteiger partial charge < -0.3 is 0 Å². The molecule has 0 N–H and O–H groups in total. The van der Waals surface area contributed by atoms with Gasteiger partial charge in [-0.1, -0.05) is 0 Å². The Morgan fingerprint density at radius 2 is 0.592 bits per heavy atom. The van der Waals surface area contributed by atoms with Gasteiger partial charge in [0.25, 0.3) is 0 Å². The number of hydrogen-bond donors (Lipinski definition) is 0. The van der Waals surface area contributed by atoms with Gasteiger partial charge in [0.05, 0.1) is 0 Å². The van der Waals surface area contributed by atoms with Crippen molar-refractivity contribution in [3.05, 3.63) is 115 Å². The molecular formula is C46H52FeP2. The number of benzene rings is 4. The molecule has 1 spiro atoms. The third-order valence-electron chi connectivity index (χ3n) is 24.4. The van der Waals surface area contributed by atoms with Crippen molar-refractivity contribution < 1.29 is 6.51 Å². The fraction of sp³-hybridized carbons (Fsp3) is 0.478. The summed E-state index contributed by atoms with van der Waals surface area (Å²) in [6, 6.07) is 20.9. The molecule has 10 saturated heterocycles. The molecule has 0 aromatic heterocycles. The minimum atomic E-state index is -4.13. The van der Waals surface area contributed by atoms with Crippen LogP contribution in [0.2, 0.25) is 38.5 Å². The van der Waals surface area contributed by atoms with E-state index < -0.39 is 22.4 Å². The van der Waals surface area contributed by atoms with E-state index in [1.807, 2.05) is 0 Å². The summed E-state index contributed by atoms with van der Waals surface area (Å²) in [7, 11) is -0.920. The number of hydrogen-bond acceptors (Lipinski definition) is 0. The quantitative estimate of drug-likeness (QED) is 0.137. The van der Waals surface area contributed by atoms with Crippen molar-refractivity contribution in [3.63, 3.8) is 0 Å². The molecule has 4 unspecified atom stereocenters. The van der Waals surface area contributed by atoms with Crippen LogP contribution in [0.1, 0.15) is 66.8 Å². The van der Waals surface area contributed by atoms with Crippen LogP contribution in [0, 0.1) is 83.1 Å². The fourth-order valence-corrected chi connectivity index (χ4v) is 129. The Morgan fingerprint density at radius 3 is 0.796 bits per heavy atom. The zero-order valence-electron chi connectivity index (χ0n) is 31.5. The normalized spacial score (nSPS) is 50.8. The Balaban J connectivity index is 1.16. The molecule has 0 amide bonds. The first-order valence-electron chi connectivity index (χ1n) is 19.1. The van der Waals surface area contributed by atoms with E-state index in [1.165, 1.54) is 60.8 Å². The van der Waals surface area contributed by atoms with E-state index in [0.717, 1.165) is 0 Å². The van der Waals surface area contributed by atoms with Gasteiger partial charge in [0, 0.05) is 0 Å². The monoisotopic (exact) mass is 722 g/mol. The summed E-state index contributed by atoms with van der Waals surface area (Å²) in [5, 5.41) is 7.22. The predicted octanol–water partition coefficient (Wildman–Crippen LogP) is 11.2. The van der Waals surface area contributed by atoms with Gasteiger partial charge in [-0.05, 0) is 0 Å². The zero-order chi connectivity index (χ0) is 34.0. The molecule has 254 valence electrons. The molecule has 49 heavy (non-hydrogen) atoms. The van der Waals surface area contributed by atoms with Crippen LogP contribution in [0.15, 0.2) is 48.5 Å². The summed E-state index contributed by atoms with van der Waals surface area (Å²) in [5.74, 6) is 0. The molecule has 10 aliphatic rings. The molecule has 4 aromatic carbocycles. The van der Waals surface area contributed by atoms with E-state index in [9.17, 15) is 0 Å². The van der Waals surface area contributed by atoms with Crippen LogP contribution in [0.5, 0.6) is 0 Å². The maximum absolute atomic E-state index is 4.13. The molecule has 10 fully saturated rings. The summed E-state index contributed by atoms with van der Waals surface area (Å²) >= 11 is 0. The minimum absolute atomic E-state index is 0.460. The maximum atomic E-state index is 2.70. The van der Waals surface area contributed by atoms with E-state index in [-0.39, 0.29) is 0 Å². The summed E-state index contributed by atoms with van der Waals surface area (Å²) in [6.45, 7) is 25.2. The van der Waals surface area contributed by atoms with Crippen molar-refractivity contribution in [3.8, 4) is 0 Å². The molecule has 3 heteroatoms. The fourth-order valence-electron chi connectivity index (χ4n) is 23.3. The van der Waals surface area contributed by atoms with Crippen LogP contribution in [-0.4, -0.2) is 8.11 Å². The van der Waals surface area contributed by atoms with Gasteiger partial charge in [-0.15, -0.1) is 0 Å². The van der Waals surface area contributed by atoms with Gasteiger partial charge in [0.1, 0.15) is 0 Å². The van der Waals surface area contributed by atoms with Crippen LogP contribution in [0.25, 0.3) is 0 Å². The molecule has 10 heterocycles. The first kappa shape index (κ1) is 27.9. The molecule has 0 saturated carbocycles. The van der Waals surface area contributed by atoms with Crippen LogP contribution < -0.4 is 21.2 Å². The van der Waals surface area contributed by atoms with Crippen molar-refractivity contribution in [2.45, 2.75) is 130 Å². The Bertz CT molecular complexity index is 2510. The molecule has 14 rings (SSSR count). The topological polar surface area (TPSA) is 0 Å². The van der Waals surface area contributed by atoms with Gasteiger partial charge in [-0.2, -0.15) is 0 Å². The van der Waals surface area contributed by atoms with Crippen molar-refractivity contribution in [1.29, 1.82) is 0 Å². The Hall–Kier alpha value is -1.74. The Kier molecular flexibility index (Phi) is 2.70. The van der Waals surface area contributed by atoms with Gasteiger partial charge in [-0.3, -0.25) is 0 Å². The third-order valence-corrected chi connectivity index (χ3v) is 81.9. The molecule has 4 atom stereocenters. The van der Waals surface area contributed by atoms with Crippen LogP contribution in [0.3, 0.4) is 0 Å². The summed E-state index contributed by atoms with van der Waals surface area (Å²) in [6.07, 6.45) is 0. The molecule has 10 aliphatic heterocycles. The average molecular weight is 723 g/mol. The van der Waals surface area contributed by atoms with E-state index in [1.54, 1.807) is 65.7 Å². The first-order valence-corrected chi connectivity index (χ1v) is 28.0. The van der Waals surface area contributed by atoms with Gasteiger partial charge in [0.2, 0.25) is 0 Å². The Morgan fingerprint density at radius 1 is 0.347 bits per heavy atom. The van der Waals surface area contributed by atoms with E-state index in [4.69, 9.17) is 0 Å². The van der Waals surface area contributed by atoms with Crippen LogP contribution in [0.4, 0.5) is 0 Å². The number of aryl methyl sites for hydroxylation is 4. The molecule has 0 radical (unpaired) electrons. The third kappa shape index (κ3) is 0.878. The molecule has 0 bridgehead atoms. The number of rotatable bonds is 6. The average Bonchev–Trinajstić information content (AvgIpc) is 4.03. The second-order valence-electron chi connectivity index (χ2n) is 20.9. The van der Waals surface area contributed by atoms with Gasteiger partial charge in [0.15, 0.2) is 0 Å². The molecule has 4 aromatic rings. The van der Waals surface area contributed by atoms with E-state index in [0.29, 0.717) is 8.11 Å². The molecule has 0 aliphatic carbocycles. The van der Waals surface area contributed by atoms with Gasteiger partial charge >= 0.3 is 289 Å². The van der Waals surface area contributed by atoms with Crippen molar-refractivity contribution in [1.82, 2.24) is 0 Å². The van der Waals surface area contributed by atoms with Crippen molar-refractivity contribution >= 4 is 37.1 Å². The van der Waals surface area contributed by atoms with Crippen LogP contribution in [-0.2, 0) is 6.51 Å². The Labute approximate surface area is 287 Å². The van der Waals surface area contributed by atoms with E-state index in [2.05, 4.69) is 132 Å². The SMILES string of the molecule is Cc1ccc(P(c2ccc(C)c(C)c2C)[C]23[CH]4[CH]5[CH]6[C]2(P(c2ccc(C)c(C)c2C)c2ccc(C)c(C)c2C)[Fe]54632789[CH]3[CH]2[CH]7[CH]8[CH]39)c(C)c1C. The summed E-state index contributed by atoms with van der Waals surface area (Å²) in [5.41, 5.74) is 18.7. The summed E-state index contributed by atoms with van der Waals surface area (Å²) < 4.78 is 1.31. The standard InChI is InChI=1S/C41H47P2.C5H5.Fe/c1-24-16-20-36(32(9)28(24)5)42(37-21-17-25(2)29(6)33(37)10)40-14-13-15-41(40)43(38-22-18-26(3)30(7)34(38)11)39-23-19-27(4)31(8)35(39)12;1-2-4-5-3-1;/h13-23H,1-12H3;1-5H;. The van der Waals surface area contributed by atoms with Crippen molar-refractivity contribution in [2.24, 2.45) is 0 Å².